The Morgan fingerprint density at radius 3 is 2.45 bits per heavy atom. The Labute approximate surface area is 197 Å². The maximum atomic E-state index is 13.3. The van der Waals surface area contributed by atoms with Gasteiger partial charge in [0.15, 0.2) is 11.5 Å². The molecule has 1 aliphatic rings. The van der Waals surface area contributed by atoms with Gasteiger partial charge in [-0.05, 0) is 48.7 Å². The number of Topliss-reactive ketones (excluding diaryl/α,β-unsaturated/α-hetero) is 1. The van der Waals surface area contributed by atoms with E-state index in [4.69, 9.17) is 16.3 Å². The number of ether oxygens (including phenoxy) is 1. The van der Waals surface area contributed by atoms with Gasteiger partial charge in [-0.25, -0.2) is 0 Å². The maximum absolute atomic E-state index is 13.3. The van der Waals surface area contributed by atoms with Crippen LogP contribution in [0.25, 0.3) is 0 Å². The van der Waals surface area contributed by atoms with E-state index in [1.54, 1.807) is 48.5 Å². The molecular weight excluding hydrogens is 438 g/mol. The Morgan fingerprint density at radius 1 is 1.03 bits per heavy atom. The normalized spacial score (nSPS) is 15.8. The number of benzene rings is 3. The molecule has 168 valence electrons. The van der Waals surface area contributed by atoms with Crippen LogP contribution >= 0.6 is 11.6 Å². The van der Waals surface area contributed by atoms with Crippen molar-refractivity contribution in [1.82, 2.24) is 0 Å². The average molecular weight is 462 g/mol. The number of halogens is 1. The first-order chi connectivity index (χ1) is 16.0. The van der Waals surface area contributed by atoms with Crippen LogP contribution in [0, 0.1) is 0 Å². The van der Waals surface area contributed by atoms with Gasteiger partial charge in [0.05, 0.1) is 18.2 Å². The van der Waals surface area contributed by atoms with Gasteiger partial charge < -0.3 is 9.84 Å². The first-order valence-corrected chi connectivity index (χ1v) is 11.2. The second kappa shape index (κ2) is 9.92. The number of ketones is 1. The summed E-state index contributed by atoms with van der Waals surface area (Å²) in [7, 11) is 0. The lowest BCUT2D eigenvalue weighted by Gasteiger charge is -2.27. The van der Waals surface area contributed by atoms with Gasteiger partial charge in [-0.15, -0.1) is 0 Å². The van der Waals surface area contributed by atoms with E-state index in [0.29, 0.717) is 35.1 Å². The highest BCUT2D eigenvalue weighted by Crippen LogP contribution is 2.42. The van der Waals surface area contributed by atoms with Gasteiger partial charge in [-0.3, -0.25) is 14.5 Å². The molecule has 3 aromatic carbocycles. The lowest BCUT2D eigenvalue weighted by molar-refractivity contribution is -0.118. The van der Waals surface area contributed by atoms with Crippen molar-refractivity contribution in [1.29, 1.82) is 0 Å². The zero-order valence-electron chi connectivity index (χ0n) is 18.2. The van der Waals surface area contributed by atoms with Crippen molar-refractivity contribution in [3.8, 4) is 5.75 Å². The summed E-state index contributed by atoms with van der Waals surface area (Å²) in [6, 6.07) is 22.9. The van der Waals surface area contributed by atoms with Crippen LogP contribution in [0.5, 0.6) is 5.75 Å². The highest BCUT2D eigenvalue weighted by molar-refractivity contribution is 6.30. The number of carbonyl (C=O) groups excluding carboxylic acids is 2. The SMILES string of the molecule is CCOc1cccc(N2C(=O)C(O)=C(C(=O)CCc3ccccc3)C2c2ccc(Cl)cc2)c1. The fourth-order valence-electron chi connectivity index (χ4n) is 4.04. The zero-order valence-corrected chi connectivity index (χ0v) is 19.0. The van der Waals surface area contributed by atoms with E-state index in [-0.39, 0.29) is 17.8 Å². The molecule has 3 aromatic rings. The summed E-state index contributed by atoms with van der Waals surface area (Å²) in [6.45, 7) is 2.35. The Bertz CT molecular complexity index is 1190. The lowest BCUT2D eigenvalue weighted by Crippen LogP contribution is -2.31. The number of nitrogens with zero attached hydrogens (tertiary/aromatic N) is 1. The summed E-state index contributed by atoms with van der Waals surface area (Å²) in [5.74, 6) is -0.810. The fraction of sp³-hybridized carbons (Fsp3) is 0.185. The summed E-state index contributed by atoms with van der Waals surface area (Å²) < 4.78 is 5.59. The summed E-state index contributed by atoms with van der Waals surface area (Å²) >= 11 is 6.08. The minimum Gasteiger partial charge on any atom is -0.503 e. The third-order valence-corrected chi connectivity index (χ3v) is 5.84. The highest BCUT2D eigenvalue weighted by atomic mass is 35.5. The van der Waals surface area contributed by atoms with Gasteiger partial charge in [-0.2, -0.15) is 0 Å². The Hall–Kier alpha value is -3.57. The molecular formula is C27H24ClNO4. The molecule has 0 saturated carbocycles. The van der Waals surface area contributed by atoms with Crippen LogP contribution in [-0.4, -0.2) is 23.4 Å². The van der Waals surface area contributed by atoms with Gasteiger partial charge in [0.2, 0.25) is 0 Å². The van der Waals surface area contributed by atoms with Crippen molar-refractivity contribution < 1.29 is 19.4 Å². The smallest absolute Gasteiger partial charge is 0.294 e. The van der Waals surface area contributed by atoms with Crippen molar-refractivity contribution >= 4 is 29.0 Å². The van der Waals surface area contributed by atoms with Crippen molar-refractivity contribution in [2.24, 2.45) is 0 Å². The zero-order chi connectivity index (χ0) is 23.4. The van der Waals surface area contributed by atoms with Crippen LogP contribution in [0.3, 0.4) is 0 Å². The maximum Gasteiger partial charge on any atom is 0.294 e. The Balaban J connectivity index is 1.72. The standard InChI is InChI=1S/C27H24ClNO4/c1-2-33-22-10-6-9-21(17-22)29-25(19-12-14-20(28)15-13-19)24(26(31)27(29)32)23(30)16-11-18-7-4-3-5-8-18/h3-10,12-15,17,25,31H,2,11,16H2,1H3. The van der Waals surface area contributed by atoms with E-state index in [2.05, 4.69) is 0 Å². The van der Waals surface area contributed by atoms with E-state index >= 15 is 0 Å². The molecule has 5 nitrogen and oxygen atoms in total. The number of aliphatic hydroxyl groups is 1. The third-order valence-electron chi connectivity index (χ3n) is 5.58. The molecule has 0 saturated heterocycles. The number of amides is 1. The van der Waals surface area contributed by atoms with E-state index in [9.17, 15) is 14.7 Å². The molecule has 1 aliphatic heterocycles. The third kappa shape index (κ3) is 4.78. The van der Waals surface area contributed by atoms with Crippen LogP contribution in [0.4, 0.5) is 5.69 Å². The van der Waals surface area contributed by atoms with Gasteiger partial charge in [0.1, 0.15) is 5.75 Å². The number of rotatable bonds is 8. The van der Waals surface area contributed by atoms with Crippen LogP contribution in [0.15, 0.2) is 90.2 Å². The number of hydrogen-bond acceptors (Lipinski definition) is 4. The predicted molar refractivity (Wildman–Crippen MR) is 129 cm³/mol. The summed E-state index contributed by atoms with van der Waals surface area (Å²) in [5.41, 5.74) is 2.32. The largest absolute Gasteiger partial charge is 0.503 e. The summed E-state index contributed by atoms with van der Waals surface area (Å²) in [6.07, 6.45) is 0.686. The molecule has 1 unspecified atom stereocenters. The first kappa shape index (κ1) is 22.6. The van der Waals surface area contributed by atoms with Gasteiger partial charge in [0, 0.05) is 23.2 Å². The molecule has 4 rings (SSSR count). The number of aryl methyl sites for hydroxylation is 1. The molecule has 0 aromatic heterocycles. The van der Waals surface area contributed by atoms with Crippen molar-refractivity contribution in [2.75, 3.05) is 11.5 Å². The van der Waals surface area contributed by atoms with E-state index in [1.807, 2.05) is 37.3 Å². The molecule has 0 aliphatic carbocycles. The molecule has 1 N–H and O–H groups in total. The van der Waals surface area contributed by atoms with Crippen LogP contribution in [-0.2, 0) is 16.0 Å². The number of aliphatic hydroxyl groups excluding tert-OH is 1. The fourth-order valence-corrected chi connectivity index (χ4v) is 4.17. The molecule has 0 spiro atoms. The Kier molecular flexibility index (Phi) is 6.80. The van der Waals surface area contributed by atoms with Crippen molar-refractivity contribution in [3.63, 3.8) is 0 Å². The molecule has 33 heavy (non-hydrogen) atoms. The number of carbonyl (C=O) groups is 2. The number of anilines is 1. The van der Waals surface area contributed by atoms with Crippen molar-refractivity contribution in [2.45, 2.75) is 25.8 Å². The molecule has 0 fully saturated rings. The molecule has 1 heterocycles. The lowest BCUT2D eigenvalue weighted by atomic mass is 9.93. The average Bonchev–Trinajstić information content (AvgIpc) is 3.09. The molecule has 0 bridgehead atoms. The number of hydrogen-bond donors (Lipinski definition) is 1. The van der Waals surface area contributed by atoms with E-state index in [0.717, 1.165) is 5.56 Å². The predicted octanol–water partition coefficient (Wildman–Crippen LogP) is 5.84. The second-order valence-corrected chi connectivity index (χ2v) is 8.17. The van der Waals surface area contributed by atoms with Crippen LogP contribution < -0.4 is 9.64 Å². The molecule has 1 atom stereocenters. The van der Waals surface area contributed by atoms with Crippen LogP contribution in [0.2, 0.25) is 5.02 Å². The monoisotopic (exact) mass is 461 g/mol. The highest BCUT2D eigenvalue weighted by Gasteiger charge is 2.44. The molecule has 6 heteroatoms. The van der Waals surface area contributed by atoms with E-state index in [1.165, 1.54) is 4.90 Å². The summed E-state index contributed by atoms with van der Waals surface area (Å²) in [5, 5.41) is 11.4. The van der Waals surface area contributed by atoms with Gasteiger partial charge in [0.25, 0.3) is 5.91 Å². The van der Waals surface area contributed by atoms with Crippen molar-refractivity contribution in [3.05, 3.63) is 106 Å². The van der Waals surface area contributed by atoms with E-state index < -0.39 is 17.7 Å². The Morgan fingerprint density at radius 2 is 1.76 bits per heavy atom. The molecule has 1 amide bonds. The topological polar surface area (TPSA) is 66.8 Å². The minimum atomic E-state index is -0.769. The second-order valence-electron chi connectivity index (χ2n) is 7.73. The van der Waals surface area contributed by atoms with Gasteiger partial charge >= 0.3 is 0 Å². The summed E-state index contributed by atoms with van der Waals surface area (Å²) in [4.78, 5) is 28.0. The first-order valence-electron chi connectivity index (χ1n) is 10.8. The molecule has 0 radical (unpaired) electrons. The van der Waals surface area contributed by atoms with Gasteiger partial charge in [-0.1, -0.05) is 60.1 Å². The quantitative estimate of drug-likeness (QED) is 0.457. The minimum absolute atomic E-state index is 0.0973. The van der Waals surface area contributed by atoms with Crippen LogP contribution in [0.1, 0.15) is 30.5 Å².